The number of benzene rings is 3. The van der Waals surface area contributed by atoms with E-state index in [9.17, 15) is 9.59 Å². The molecule has 0 aromatic heterocycles. The van der Waals surface area contributed by atoms with Crippen molar-refractivity contribution in [3.63, 3.8) is 0 Å². The number of carbonyl (C=O) groups is 2. The number of thioether (sulfide) groups is 1. The smallest absolute Gasteiger partial charge is 0.270 e. The van der Waals surface area contributed by atoms with E-state index < -0.39 is 0 Å². The van der Waals surface area contributed by atoms with E-state index in [-0.39, 0.29) is 18.4 Å². The van der Waals surface area contributed by atoms with E-state index in [1.54, 1.807) is 72.8 Å². The first-order valence-corrected chi connectivity index (χ1v) is 12.8. The topological polar surface area (TPSA) is 77.1 Å². The lowest BCUT2D eigenvalue weighted by molar-refractivity contribution is -0.118. The van der Waals surface area contributed by atoms with Gasteiger partial charge in [-0.1, -0.05) is 41.6 Å². The minimum absolute atomic E-state index is 0.209. The number of thiocarbonyl (C=S) groups is 1. The maximum atomic E-state index is 13.1. The molecule has 0 unspecified atom stereocenters. The number of carbonyl (C=O) groups excluding carboxylic acids is 2. The van der Waals surface area contributed by atoms with Gasteiger partial charge in [0.25, 0.3) is 11.8 Å². The quantitative estimate of drug-likeness (QED) is 0.250. The van der Waals surface area contributed by atoms with Crippen molar-refractivity contribution >= 4 is 69.2 Å². The zero-order chi connectivity index (χ0) is 26.4. The summed E-state index contributed by atoms with van der Waals surface area (Å²) in [4.78, 5) is 27.3. The maximum absolute atomic E-state index is 13.1. The summed E-state index contributed by atoms with van der Waals surface area (Å²) in [5.41, 5.74) is 2.01. The lowest BCUT2D eigenvalue weighted by Gasteiger charge is -2.15. The Morgan fingerprint density at radius 3 is 2.46 bits per heavy atom. The first kappa shape index (κ1) is 26.5. The van der Waals surface area contributed by atoms with E-state index in [1.807, 2.05) is 6.92 Å². The summed E-state index contributed by atoms with van der Waals surface area (Å²) < 4.78 is 17.0. The van der Waals surface area contributed by atoms with Crippen molar-refractivity contribution in [3.05, 3.63) is 82.2 Å². The molecule has 10 heteroatoms. The molecule has 1 saturated heterocycles. The van der Waals surface area contributed by atoms with Crippen molar-refractivity contribution in [1.82, 2.24) is 0 Å². The molecule has 2 amide bonds. The molecule has 37 heavy (non-hydrogen) atoms. The molecule has 190 valence electrons. The van der Waals surface area contributed by atoms with Gasteiger partial charge in [-0.2, -0.15) is 0 Å². The summed E-state index contributed by atoms with van der Waals surface area (Å²) >= 11 is 12.6. The molecule has 0 saturated carbocycles. The molecule has 0 spiro atoms. The second-order valence-electron chi connectivity index (χ2n) is 7.70. The van der Waals surface area contributed by atoms with E-state index in [2.05, 4.69) is 5.32 Å². The van der Waals surface area contributed by atoms with Crippen LogP contribution in [0.1, 0.15) is 12.5 Å². The molecule has 0 aliphatic carbocycles. The molecule has 1 heterocycles. The van der Waals surface area contributed by atoms with Gasteiger partial charge in [0, 0.05) is 10.7 Å². The minimum Gasteiger partial charge on any atom is -0.494 e. The highest BCUT2D eigenvalue weighted by Gasteiger charge is 2.33. The van der Waals surface area contributed by atoms with Crippen LogP contribution in [0.4, 0.5) is 11.4 Å². The third kappa shape index (κ3) is 6.62. The molecule has 3 aromatic carbocycles. The van der Waals surface area contributed by atoms with Gasteiger partial charge in [-0.3, -0.25) is 14.5 Å². The van der Waals surface area contributed by atoms with Crippen LogP contribution in [0.3, 0.4) is 0 Å². The molecule has 0 bridgehead atoms. The highest BCUT2D eigenvalue weighted by atomic mass is 35.5. The number of nitrogens with one attached hydrogen (secondary N) is 1. The third-order valence-corrected chi connectivity index (χ3v) is 6.73. The summed E-state index contributed by atoms with van der Waals surface area (Å²) in [6, 6.07) is 19.2. The monoisotopic (exact) mass is 554 g/mol. The number of halogens is 1. The Morgan fingerprint density at radius 1 is 1.05 bits per heavy atom. The third-order valence-electron chi connectivity index (χ3n) is 5.17. The Bertz CT molecular complexity index is 1340. The zero-order valence-electron chi connectivity index (χ0n) is 20.0. The van der Waals surface area contributed by atoms with Gasteiger partial charge in [0.2, 0.25) is 0 Å². The molecule has 3 aromatic rings. The number of ether oxygens (including phenoxy) is 3. The zero-order valence-corrected chi connectivity index (χ0v) is 22.4. The average Bonchev–Trinajstić information content (AvgIpc) is 3.17. The Balaban J connectivity index is 1.43. The molecule has 0 atom stereocenters. The Kier molecular flexibility index (Phi) is 8.70. The highest BCUT2D eigenvalue weighted by Crippen LogP contribution is 2.37. The van der Waals surface area contributed by atoms with Gasteiger partial charge < -0.3 is 19.5 Å². The molecular weight excluding hydrogens is 532 g/mol. The molecule has 7 nitrogen and oxygen atoms in total. The van der Waals surface area contributed by atoms with Crippen molar-refractivity contribution in [1.29, 1.82) is 0 Å². The van der Waals surface area contributed by atoms with Crippen molar-refractivity contribution in [3.8, 4) is 17.2 Å². The fraction of sp³-hybridized carbons (Fsp3) is 0.148. The van der Waals surface area contributed by atoms with Crippen LogP contribution in [-0.2, 0) is 9.59 Å². The van der Waals surface area contributed by atoms with Crippen molar-refractivity contribution < 1.29 is 23.8 Å². The number of hydrogen-bond donors (Lipinski definition) is 1. The number of nitrogens with zero attached hydrogens (tertiary/aromatic N) is 1. The molecule has 1 aliphatic rings. The molecular formula is C27H23ClN2O5S2. The number of methoxy groups -OCH3 is 1. The Morgan fingerprint density at radius 2 is 1.78 bits per heavy atom. The van der Waals surface area contributed by atoms with Gasteiger partial charge in [0.1, 0.15) is 5.75 Å². The van der Waals surface area contributed by atoms with Crippen LogP contribution in [0.5, 0.6) is 17.2 Å². The Hall–Kier alpha value is -3.53. The van der Waals surface area contributed by atoms with Crippen LogP contribution in [0, 0.1) is 0 Å². The number of rotatable bonds is 9. The predicted octanol–water partition coefficient (Wildman–Crippen LogP) is 6.17. The van der Waals surface area contributed by atoms with Crippen LogP contribution in [-0.4, -0.2) is 36.5 Å². The van der Waals surface area contributed by atoms with E-state index in [4.69, 9.17) is 38.0 Å². The summed E-state index contributed by atoms with van der Waals surface area (Å²) in [6.07, 6.45) is 1.74. The second-order valence-corrected chi connectivity index (χ2v) is 9.81. The van der Waals surface area contributed by atoms with Crippen molar-refractivity contribution in [2.24, 2.45) is 0 Å². The lowest BCUT2D eigenvalue weighted by atomic mass is 10.1. The summed E-state index contributed by atoms with van der Waals surface area (Å²) in [5, 5.41) is 3.32. The number of anilines is 2. The van der Waals surface area contributed by atoms with Gasteiger partial charge in [-0.15, -0.1) is 0 Å². The van der Waals surface area contributed by atoms with E-state index >= 15 is 0 Å². The Labute approximate surface area is 229 Å². The van der Waals surface area contributed by atoms with Gasteiger partial charge in [-0.05, 0) is 79.2 Å². The predicted molar refractivity (Wildman–Crippen MR) is 152 cm³/mol. The highest BCUT2D eigenvalue weighted by molar-refractivity contribution is 8.27. The molecule has 1 aliphatic heterocycles. The van der Waals surface area contributed by atoms with E-state index in [0.29, 0.717) is 43.7 Å². The SMILES string of the molecule is CCOc1ccc(N2C(=O)/C(=C/c3ccc(OCC(=O)Nc4ccc(Cl)cc4)c(OC)c3)SC2=S)cc1. The number of amides is 2. The summed E-state index contributed by atoms with van der Waals surface area (Å²) in [5.74, 6) is 1.01. The normalized spacial score (nSPS) is 14.1. The summed E-state index contributed by atoms with van der Waals surface area (Å²) in [7, 11) is 1.51. The van der Waals surface area contributed by atoms with Crippen LogP contribution in [0.25, 0.3) is 6.08 Å². The standard InChI is InChI=1S/C27H23ClN2O5S2/c1-3-34-21-11-9-20(10-12-21)30-26(32)24(37-27(30)36)15-17-4-13-22(23(14-17)33-2)35-16-25(31)29-19-7-5-18(28)6-8-19/h4-15H,3,16H2,1-2H3,(H,29,31)/b24-15-. The number of hydrogen-bond acceptors (Lipinski definition) is 7. The van der Waals surface area contributed by atoms with E-state index in [1.165, 1.54) is 23.8 Å². The fourth-order valence-corrected chi connectivity index (χ4v) is 4.89. The average molecular weight is 555 g/mol. The van der Waals surface area contributed by atoms with Crippen LogP contribution >= 0.6 is 35.6 Å². The lowest BCUT2D eigenvalue weighted by Crippen LogP contribution is -2.27. The molecule has 4 rings (SSSR count). The molecule has 1 fully saturated rings. The maximum Gasteiger partial charge on any atom is 0.270 e. The first-order chi connectivity index (χ1) is 17.9. The first-order valence-electron chi connectivity index (χ1n) is 11.2. The largest absolute Gasteiger partial charge is 0.494 e. The van der Waals surface area contributed by atoms with Gasteiger partial charge in [-0.25, -0.2) is 0 Å². The van der Waals surface area contributed by atoms with Crippen LogP contribution < -0.4 is 24.4 Å². The van der Waals surface area contributed by atoms with E-state index in [0.717, 1.165) is 11.3 Å². The second kappa shape index (κ2) is 12.1. The van der Waals surface area contributed by atoms with Gasteiger partial charge in [0.15, 0.2) is 22.4 Å². The van der Waals surface area contributed by atoms with Crippen LogP contribution in [0.2, 0.25) is 5.02 Å². The van der Waals surface area contributed by atoms with Gasteiger partial charge >= 0.3 is 0 Å². The van der Waals surface area contributed by atoms with Crippen molar-refractivity contribution in [2.45, 2.75) is 6.92 Å². The van der Waals surface area contributed by atoms with Crippen molar-refractivity contribution in [2.75, 3.05) is 30.5 Å². The molecule has 1 N–H and O–H groups in total. The van der Waals surface area contributed by atoms with Crippen LogP contribution in [0.15, 0.2) is 71.6 Å². The molecule has 0 radical (unpaired) electrons. The fourth-order valence-electron chi connectivity index (χ4n) is 3.47. The summed E-state index contributed by atoms with van der Waals surface area (Å²) in [6.45, 7) is 2.26. The minimum atomic E-state index is -0.327. The van der Waals surface area contributed by atoms with Gasteiger partial charge in [0.05, 0.1) is 24.3 Å².